The fourth-order valence-electron chi connectivity index (χ4n) is 3.97. The van der Waals surface area contributed by atoms with Crippen LogP contribution >= 0.6 is 0 Å². The number of hydrogen-bond acceptors (Lipinski definition) is 5. The number of ether oxygens (including phenoxy) is 1. The van der Waals surface area contributed by atoms with E-state index in [0.717, 1.165) is 43.2 Å². The second-order valence-corrected chi connectivity index (χ2v) is 9.00. The van der Waals surface area contributed by atoms with E-state index in [2.05, 4.69) is 17.4 Å². The van der Waals surface area contributed by atoms with Gasteiger partial charge in [0.1, 0.15) is 11.8 Å². The average molecular weight is 489 g/mol. The van der Waals surface area contributed by atoms with Gasteiger partial charge in [0.2, 0.25) is 0 Å². The molecule has 6 nitrogen and oxygen atoms in total. The Balaban J connectivity index is 1.64. The number of aromatic hydroxyl groups is 1. The number of benzene rings is 3. The Morgan fingerprint density at radius 2 is 1.64 bits per heavy atom. The molecule has 0 saturated carbocycles. The summed E-state index contributed by atoms with van der Waals surface area (Å²) < 4.78 is 5.43. The van der Waals surface area contributed by atoms with Gasteiger partial charge in [-0.2, -0.15) is 0 Å². The number of nitrogen functional groups attached to an aromatic ring is 1. The maximum absolute atomic E-state index is 13.1. The van der Waals surface area contributed by atoms with Crippen molar-refractivity contribution < 1.29 is 19.4 Å². The van der Waals surface area contributed by atoms with Crippen LogP contribution in [0.1, 0.15) is 59.7 Å². The third-order valence-electron chi connectivity index (χ3n) is 6.16. The second-order valence-electron chi connectivity index (χ2n) is 9.00. The molecular weight excluding hydrogens is 452 g/mol. The number of anilines is 1. The van der Waals surface area contributed by atoms with Gasteiger partial charge in [-0.1, -0.05) is 55.8 Å². The first kappa shape index (κ1) is 26.8. The SMILES string of the molecule is CCCCOC(=O)C(CCCc1ccccc1)NC(=O)c1ccc(N)c(CCc2ccc(O)cc2)c1. The molecule has 0 radical (unpaired) electrons. The Morgan fingerprint density at radius 3 is 2.36 bits per heavy atom. The molecule has 1 atom stereocenters. The summed E-state index contributed by atoms with van der Waals surface area (Å²) in [6, 6.07) is 21.6. The molecule has 0 aromatic heterocycles. The molecule has 0 saturated heterocycles. The number of esters is 1. The molecule has 0 aliphatic rings. The van der Waals surface area contributed by atoms with E-state index < -0.39 is 12.0 Å². The molecule has 0 spiro atoms. The highest BCUT2D eigenvalue weighted by Gasteiger charge is 2.23. The standard InChI is InChI=1S/C30H36N2O4/c1-2-3-20-36-30(35)28(11-7-10-22-8-5-4-6-9-22)32-29(34)25-16-19-27(31)24(21-25)15-12-23-13-17-26(33)18-14-23/h4-6,8-9,13-14,16-19,21,28,33H,2-3,7,10-12,15,20,31H2,1H3,(H,32,34). The highest BCUT2D eigenvalue weighted by molar-refractivity contribution is 5.97. The Hall–Kier alpha value is -3.80. The Kier molecular flexibility index (Phi) is 10.4. The number of aryl methyl sites for hydroxylation is 3. The normalized spacial score (nSPS) is 11.6. The lowest BCUT2D eigenvalue weighted by Gasteiger charge is -2.18. The van der Waals surface area contributed by atoms with Gasteiger partial charge in [-0.25, -0.2) is 4.79 Å². The van der Waals surface area contributed by atoms with Crippen LogP contribution in [0, 0.1) is 0 Å². The molecule has 36 heavy (non-hydrogen) atoms. The number of nitrogens with two attached hydrogens (primary N) is 1. The third kappa shape index (κ3) is 8.45. The van der Waals surface area contributed by atoms with E-state index in [4.69, 9.17) is 10.5 Å². The predicted octanol–water partition coefficient (Wildman–Crippen LogP) is 5.22. The van der Waals surface area contributed by atoms with Crippen molar-refractivity contribution in [2.75, 3.05) is 12.3 Å². The molecule has 3 aromatic carbocycles. The minimum absolute atomic E-state index is 0.225. The Bertz CT molecular complexity index is 1110. The van der Waals surface area contributed by atoms with E-state index in [-0.39, 0.29) is 11.7 Å². The van der Waals surface area contributed by atoms with Crippen LogP contribution in [0.3, 0.4) is 0 Å². The summed E-state index contributed by atoms with van der Waals surface area (Å²) in [5.41, 5.74) is 10.4. The van der Waals surface area contributed by atoms with Gasteiger partial charge < -0.3 is 20.9 Å². The van der Waals surface area contributed by atoms with Crippen LogP contribution in [0.4, 0.5) is 5.69 Å². The van der Waals surface area contributed by atoms with Gasteiger partial charge in [0.05, 0.1) is 6.61 Å². The van der Waals surface area contributed by atoms with E-state index in [1.165, 1.54) is 5.56 Å². The number of amides is 1. The molecule has 0 aliphatic heterocycles. The number of rotatable bonds is 13. The first-order valence-corrected chi connectivity index (χ1v) is 12.6. The van der Waals surface area contributed by atoms with Crippen molar-refractivity contribution >= 4 is 17.6 Å². The topological polar surface area (TPSA) is 102 Å². The summed E-state index contributed by atoms with van der Waals surface area (Å²) in [5, 5.41) is 12.4. The van der Waals surface area contributed by atoms with E-state index in [0.29, 0.717) is 30.7 Å². The Labute approximate surface area is 213 Å². The van der Waals surface area contributed by atoms with Gasteiger partial charge in [0.25, 0.3) is 5.91 Å². The maximum atomic E-state index is 13.1. The largest absolute Gasteiger partial charge is 0.508 e. The molecule has 6 heteroatoms. The zero-order valence-corrected chi connectivity index (χ0v) is 20.9. The van der Waals surface area contributed by atoms with Gasteiger partial charge >= 0.3 is 5.97 Å². The van der Waals surface area contributed by atoms with E-state index >= 15 is 0 Å². The highest BCUT2D eigenvalue weighted by atomic mass is 16.5. The molecule has 3 rings (SSSR count). The zero-order valence-electron chi connectivity index (χ0n) is 20.9. The van der Waals surface area contributed by atoms with Crippen molar-refractivity contribution in [3.8, 4) is 5.75 Å². The lowest BCUT2D eigenvalue weighted by atomic mass is 10.00. The van der Waals surface area contributed by atoms with Crippen LogP contribution in [-0.2, 0) is 28.8 Å². The van der Waals surface area contributed by atoms with Crippen LogP contribution in [0.2, 0.25) is 0 Å². The van der Waals surface area contributed by atoms with Crippen molar-refractivity contribution in [1.29, 1.82) is 0 Å². The number of nitrogens with one attached hydrogen (secondary N) is 1. The number of carbonyl (C=O) groups is 2. The average Bonchev–Trinajstić information content (AvgIpc) is 2.89. The lowest BCUT2D eigenvalue weighted by Crippen LogP contribution is -2.42. The number of unbranched alkanes of at least 4 members (excludes halogenated alkanes) is 1. The van der Waals surface area contributed by atoms with E-state index in [9.17, 15) is 14.7 Å². The van der Waals surface area contributed by atoms with Crippen LogP contribution in [0.15, 0.2) is 72.8 Å². The number of hydrogen-bond donors (Lipinski definition) is 3. The van der Waals surface area contributed by atoms with E-state index in [1.807, 2.05) is 37.3 Å². The summed E-state index contributed by atoms with van der Waals surface area (Å²) in [7, 11) is 0. The molecule has 0 bridgehead atoms. The Morgan fingerprint density at radius 1 is 0.917 bits per heavy atom. The number of carbonyl (C=O) groups excluding carboxylic acids is 2. The van der Waals surface area contributed by atoms with Crippen LogP contribution in [-0.4, -0.2) is 29.6 Å². The second kappa shape index (κ2) is 13.9. The van der Waals surface area contributed by atoms with Gasteiger partial charge in [-0.3, -0.25) is 4.79 Å². The quantitative estimate of drug-likeness (QED) is 0.174. The van der Waals surface area contributed by atoms with Crippen molar-refractivity contribution in [2.45, 2.75) is 57.9 Å². The highest BCUT2D eigenvalue weighted by Crippen LogP contribution is 2.19. The van der Waals surface area contributed by atoms with Crippen molar-refractivity contribution in [2.24, 2.45) is 0 Å². The molecular formula is C30H36N2O4. The smallest absolute Gasteiger partial charge is 0.328 e. The van der Waals surface area contributed by atoms with Gasteiger partial charge in [-0.15, -0.1) is 0 Å². The molecule has 1 amide bonds. The fraction of sp³-hybridized carbons (Fsp3) is 0.333. The number of phenols is 1. The molecule has 0 heterocycles. The van der Waals surface area contributed by atoms with E-state index in [1.54, 1.807) is 30.3 Å². The first-order chi connectivity index (χ1) is 17.5. The van der Waals surface area contributed by atoms with Gasteiger partial charge in [0, 0.05) is 11.3 Å². The zero-order chi connectivity index (χ0) is 25.8. The molecule has 0 fully saturated rings. The summed E-state index contributed by atoms with van der Waals surface area (Å²) in [4.78, 5) is 25.9. The van der Waals surface area contributed by atoms with Gasteiger partial charge in [0.15, 0.2) is 0 Å². The first-order valence-electron chi connectivity index (χ1n) is 12.6. The lowest BCUT2D eigenvalue weighted by molar-refractivity contribution is -0.146. The molecule has 4 N–H and O–H groups in total. The van der Waals surface area contributed by atoms with Crippen molar-refractivity contribution in [3.05, 3.63) is 95.1 Å². The molecule has 190 valence electrons. The summed E-state index contributed by atoms with van der Waals surface area (Å²) in [5.74, 6) is -0.491. The molecule has 0 aliphatic carbocycles. The van der Waals surface area contributed by atoms with Crippen LogP contribution in [0.25, 0.3) is 0 Å². The minimum Gasteiger partial charge on any atom is -0.508 e. The predicted molar refractivity (Wildman–Crippen MR) is 143 cm³/mol. The fourth-order valence-corrected chi connectivity index (χ4v) is 3.97. The van der Waals surface area contributed by atoms with Crippen LogP contribution in [0.5, 0.6) is 5.75 Å². The third-order valence-corrected chi connectivity index (χ3v) is 6.16. The summed E-state index contributed by atoms with van der Waals surface area (Å²) in [6.45, 7) is 2.39. The minimum atomic E-state index is -0.712. The van der Waals surface area contributed by atoms with Crippen LogP contribution < -0.4 is 11.1 Å². The summed E-state index contributed by atoms with van der Waals surface area (Å²) in [6.07, 6.45) is 5.15. The molecule has 3 aromatic rings. The van der Waals surface area contributed by atoms with Crippen molar-refractivity contribution in [3.63, 3.8) is 0 Å². The molecule has 1 unspecified atom stereocenters. The van der Waals surface area contributed by atoms with Gasteiger partial charge in [-0.05, 0) is 85.5 Å². The number of phenolic OH excluding ortho intramolecular Hbond substituents is 1. The summed E-state index contributed by atoms with van der Waals surface area (Å²) >= 11 is 0. The monoisotopic (exact) mass is 488 g/mol. The maximum Gasteiger partial charge on any atom is 0.328 e. The van der Waals surface area contributed by atoms with Crippen molar-refractivity contribution in [1.82, 2.24) is 5.32 Å².